The van der Waals surface area contributed by atoms with E-state index < -0.39 is 42.1 Å². The molecule has 0 atom stereocenters. The van der Waals surface area contributed by atoms with Crippen molar-refractivity contribution in [3.63, 3.8) is 0 Å². The number of alkyl halides is 6. The summed E-state index contributed by atoms with van der Waals surface area (Å²) in [4.78, 5) is 19.7. The zero-order chi connectivity index (χ0) is 19.5. The van der Waals surface area contributed by atoms with Crippen molar-refractivity contribution in [3.8, 4) is 0 Å². The summed E-state index contributed by atoms with van der Waals surface area (Å²) in [6.07, 6.45) is -5.32. The monoisotopic (exact) mass is 494 g/mol. The molecule has 2 aromatic rings. The van der Waals surface area contributed by atoms with Crippen molar-refractivity contribution in [1.82, 2.24) is 19.9 Å². The first-order chi connectivity index (χ1) is 11.2. The second kappa shape index (κ2) is 8.02. The topological polar surface area (TPSA) is 51.6 Å². The van der Waals surface area contributed by atoms with Gasteiger partial charge in [-0.3, -0.25) is 0 Å². The maximum atomic E-state index is 12.1. The van der Waals surface area contributed by atoms with Crippen LogP contribution in [-0.4, -0.2) is 38.3 Å². The molecule has 0 aromatic carbocycles. The molecule has 25 heavy (non-hydrogen) atoms. The van der Waals surface area contributed by atoms with Crippen molar-refractivity contribution in [3.05, 3.63) is 41.3 Å². The van der Waals surface area contributed by atoms with Crippen molar-refractivity contribution in [2.24, 2.45) is 0 Å². The number of halogens is 7. The van der Waals surface area contributed by atoms with E-state index in [0.29, 0.717) is 6.20 Å². The number of nitrogens with zero attached hydrogens (tertiary/aromatic N) is 4. The SMILES string of the molecule is FC(F)(F)c1cnc(Cl)cn1.[CH3][Sn]([CH3])([CH3])[c]1cnc(C(F)(F)F)cn1. The van der Waals surface area contributed by atoms with Crippen LogP contribution in [0.1, 0.15) is 11.4 Å². The Hall–Kier alpha value is -1.17. The van der Waals surface area contributed by atoms with Gasteiger partial charge in [-0.2, -0.15) is 13.2 Å². The minimum absolute atomic E-state index is 0.0574. The fourth-order valence-electron chi connectivity index (χ4n) is 1.32. The maximum absolute atomic E-state index is 12.1. The molecule has 0 spiro atoms. The Morgan fingerprint density at radius 1 is 0.720 bits per heavy atom. The molecule has 2 aromatic heterocycles. The van der Waals surface area contributed by atoms with Gasteiger partial charge in [-0.15, -0.1) is 0 Å². The Morgan fingerprint density at radius 3 is 1.44 bits per heavy atom. The van der Waals surface area contributed by atoms with Gasteiger partial charge in [-0.05, 0) is 0 Å². The molecular weight excluding hydrogens is 480 g/mol. The number of aromatic nitrogens is 4. The molecule has 0 aliphatic carbocycles. The average Bonchev–Trinajstić information content (AvgIpc) is 2.46. The fraction of sp³-hybridized carbons (Fsp3) is 0.385. The first-order valence-corrected chi connectivity index (χ1v) is 17.0. The molecule has 2 heterocycles. The van der Waals surface area contributed by atoms with Crippen LogP contribution in [0, 0.1) is 0 Å². The first kappa shape index (κ1) is 21.9. The van der Waals surface area contributed by atoms with Crippen molar-refractivity contribution in [1.29, 1.82) is 0 Å². The molecule has 0 aliphatic rings. The molecule has 0 radical (unpaired) electrons. The van der Waals surface area contributed by atoms with E-state index in [4.69, 9.17) is 11.6 Å². The second-order valence-electron chi connectivity index (χ2n) is 5.76. The van der Waals surface area contributed by atoms with Crippen LogP contribution in [0.4, 0.5) is 26.3 Å². The Labute approximate surface area is 148 Å². The summed E-state index contributed by atoms with van der Waals surface area (Å²) < 4.78 is 72.5. The standard InChI is InChI=1S/C5H2ClF3N2.C5H2F3N2.3CH3.Sn/c6-4-2-10-3(1-11-4)5(7,8)9;6-5(7,8)4-3-9-1-2-10-4;;;;/h1-2H;2-3H;3*1H3;. The Morgan fingerprint density at radius 2 is 1.16 bits per heavy atom. The molecular formula is C13H13ClF6N4Sn. The molecule has 0 saturated carbocycles. The molecule has 0 fully saturated rings. The van der Waals surface area contributed by atoms with E-state index in [2.05, 4.69) is 34.8 Å². The molecule has 4 nitrogen and oxygen atoms in total. The third kappa shape index (κ3) is 7.30. The van der Waals surface area contributed by atoms with Crippen LogP contribution in [0.15, 0.2) is 24.8 Å². The number of hydrogen-bond acceptors (Lipinski definition) is 4. The van der Waals surface area contributed by atoms with Gasteiger partial charge < -0.3 is 0 Å². The summed E-state index contributed by atoms with van der Waals surface area (Å²) in [5.74, 6) is 0. The molecule has 0 bridgehead atoms. The summed E-state index contributed by atoms with van der Waals surface area (Å²) >= 11 is 2.86. The van der Waals surface area contributed by atoms with Crippen LogP contribution in [-0.2, 0) is 12.4 Å². The van der Waals surface area contributed by atoms with Gasteiger partial charge in [-0.25, -0.2) is 9.97 Å². The van der Waals surface area contributed by atoms with Crippen molar-refractivity contribution < 1.29 is 26.3 Å². The van der Waals surface area contributed by atoms with E-state index in [-0.39, 0.29) is 5.15 Å². The van der Waals surface area contributed by atoms with E-state index in [1.54, 1.807) is 0 Å². The van der Waals surface area contributed by atoms with Gasteiger partial charge >= 0.3 is 90.5 Å². The van der Waals surface area contributed by atoms with Crippen LogP contribution < -0.4 is 3.71 Å². The molecule has 0 saturated heterocycles. The third-order valence-electron chi connectivity index (χ3n) is 2.62. The van der Waals surface area contributed by atoms with E-state index >= 15 is 0 Å². The predicted octanol–water partition coefficient (Wildman–Crippen LogP) is 4.19. The normalized spacial score (nSPS) is 12.4. The van der Waals surface area contributed by atoms with E-state index in [9.17, 15) is 26.3 Å². The van der Waals surface area contributed by atoms with Crippen molar-refractivity contribution in [2.45, 2.75) is 27.2 Å². The summed E-state index contributed by atoms with van der Waals surface area (Å²) in [6.45, 7) is 0. The van der Waals surface area contributed by atoms with E-state index in [1.807, 2.05) is 0 Å². The number of hydrogen-bond donors (Lipinski definition) is 0. The van der Waals surface area contributed by atoms with Gasteiger partial charge in [0.25, 0.3) is 0 Å². The van der Waals surface area contributed by atoms with Crippen LogP contribution in [0.25, 0.3) is 0 Å². The fourth-order valence-corrected chi connectivity index (χ4v) is 4.00. The second-order valence-corrected chi connectivity index (χ2v) is 20.4. The summed E-state index contributed by atoms with van der Waals surface area (Å²) in [6, 6.07) is 0. The Kier molecular flexibility index (Phi) is 7.02. The molecule has 12 heteroatoms. The Balaban J connectivity index is 0.000000257. The van der Waals surface area contributed by atoms with E-state index in [0.717, 1.165) is 16.1 Å². The molecule has 0 unspecified atom stereocenters. The Bertz CT molecular complexity index is 647. The van der Waals surface area contributed by atoms with Gasteiger partial charge in [0.2, 0.25) is 0 Å². The summed E-state index contributed by atoms with van der Waals surface area (Å²) in [5.41, 5.74) is -1.96. The van der Waals surface area contributed by atoms with Gasteiger partial charge in [0.15, 0.2) is 5.69 Å². The predicted molar refractivity (Wildman–Crippen MR) is 82.1 cm³/mol. The van der Waals surface area contributed by atoms with Gasteiger partial charge in [0.1, 0.15) is 5.15 Å². The van der Waals surface area contributed by atoms with Crippen LogP contribution >= 0.6 is 11.6 Å². The summed E-state index contributed by atoms with van der Waals surface area (Å²) in [7, 11) is 0. The summed E-state index contributed by atoms with van der Waals surface area (Å²) in [5, 5.41) is -0.0574. The van der Waals surface area contributed by atoms with Crippen LogP contribution in [0.2, 0.25) is 20.0 Å². The number of rotatable bonds is 1. The third-order valence-corrected chi connectivity index (χ3v) is 7.94. The quantitative estimate of drug-likeness (QED) is 0.442. The molecule has 2 rings (SSSR count). The minimum atomic E-state index is -4.45. The van der Waals surface area contributed by atoms with Gasteiger partial charge in [0, 0.05) is 0 Å². The zero-order valence-electron chi connectivity index (χ0n) is 13.2. The van der Waals surface area contributed by atoms with Crippen molar-refractivity contribution >= 4 is 33.7 Å². The molecule has 0 N–H and O–H groups in total. The van der Waals surface area contributed by atoms with Gasteiger partial charge in [0.05, 0.1) is 12.4 Å². The van der Waals surface area contributed by atoms with E-state index in [1.165, 1.54) is 6.20 Å². The average molecular weight is 493 g/mol. The molecule has 0 aliphatic heterocycles. The van der Waals surface area contributed by atoms with Crippen molar-refractivity contribution in [2.75, 3.05) is 0 Å². The van der Waals surface area contributed by atoms with Crippen LogP contribution in [0.3, 0.4) is 0 Å². The zero-order valence-corrected chi connectivity index (χ0v) is 16.9. The van der Waals surface area contributed by atoms with Gasteiger partial charge in [-0.1, -0.05) is 11.6 Å². The molecule has 138 valence electrons. The van der Waals surface area contributed by atoms with Crippen LogP contribution in [0.5, 0.6) is 0 Å². The molecule has 0 amide bonds. The first-order valence-electron chi connectivity index (χ1n) is 6.65.